The van der Waals surface area contributed by atoms with Gasteiger partial charge >= 0.3 is 37.7 Å². The van der Waals surface area contributed by atoms with Crippen LogP contribution < -0.4 is 0 Å². The van der Waals surface area contributed by atoms with E-state index in [9.17, 15) is 9.59 Å². The van der Waals surface area contributed by atoms with Crippen LogP contribution in [0.15, 0.2) is 0 Å². The normalized spacial score (nSPS) is 6.57. The van der Waals surface area contributed by atoms with Crippen molar-refractivity contribution in [3.63, 3.8) is 0 Å². The summed E-state index contributed by atoms with van der Waals surface area (Å²) in [5, 5.41) is 0. The Morgan fingerprint density at radius 2 is 1.14 bits per heavy atom. The summed E-state index contributed by atoms with van der Waals surface area (Å²) in [6.45, 7) is 2.50. The van der Waals surface area contributed by atoms with Crippen molar-refractivity contribution in [2.45, 2.75) is 13.8 Å². The van der Waals surface area contributed by atoms with Gasteiger partial charge in [-0.3, -0.25) is 9.59 Å². The van der Waals surface area contributed by atoms with E-state index in [1.807, 2.05) is 0 Å². The first-order valence-electron chi connectivity index (χ1n) is 1.66. The van der Waals surface area contributed by atoms with Crippen molar-refractivity contribution in [1.82, 2.24) is 0 Å². The molecule has 0 aliphatic rings. The Morgan fingerprint density at radius 1 is 1.00 bits per heavy atom. The molecule has 0 aliphatic heterocycles. The SMILES string of the molecule is CC(=O)C(C)=O.[CaH2]. The molecule has 0 atom stereocenters. The minimum atomic E-state index is -0.380. The van der Waals surface area contributed by atoms with Crippen molar-refractivity contribution < 1.29 is 9.59 Å². The van der Waals surface area contributed by atoms with Gasteiger partial charge in [-0.25, -0.2) is 0 Å². The molecule has 0 rings (SSSR count). The fourth-order valence-corrected chi connectivity index (χ4v) is 0. The number of rotatable bonds is 1. The minimum absolute atomic E-state index is 0. The topological polar surface area (TPSA) is 34.1 Å². The number of ketones is 2. The number of Topliss-reactive ketones (excluding diaryl/α,β-unsaturated/α-hetero) is 2. The van der Waals surface area contributed by atoms with Crippen LogP contribution in [0.3, 0.4) is 0 Å². The summed E-state index contributed by atoms with van der Waals surface area (Å²) in [5.74, 6) is -0.759. The molecule has 2 nitrogen and oxygen atoms in total. The Bertz CT molecular complexity index is 75.7. The van der Waals surface area contributed by atoms with E-state index >= 15 is 0 Å². The van der Waals surface area contributed by atoms with Gasteiger partial charge in [0.1, 0.15) is 0 Å². The summed E-state index contributed by atoms with van der Waals surface area (Å²) in [6.07, 6.45) is 0. The molecule has 0 aromatic rings. The average Bonchev–Trinajstić information content (AvgIpc) is 1.36. The van der Waals surface area contributed by atoms with Crippen molar-refractivity contribution in [1.29, 1.82) is 0 Å². The van der Waals surface area contributed by atoms with Crippen LogP contribution in [-0.4, -0.2) is 49.3 Å². The van der Waals surface area contributed by atoms with Crippen LogP contribution in [0.5, 0.6) is 0 Å². The first-order valence-corrected chi connectivity index (χ1v) is 1.66. The van der Waals surface area contributed by atoms with Gasteiger partial charge in [-0.1, -0.05) is 0 Å². The predicted octanol–water partition coefficient (Wildman–Crippen LogP) is -0.752. The number of carbonyl (C=O) groups excluding carboxylic acids is 2. The van der Waals surface area contributed by atoms with Gasteiger partial charge in [0.15, 0.2) is 11.6 Å². The van der Waals surface area contributed by atoms with E-state index in [0.717, 1.165) is 0 Å². The Labute approximate surface area is 72.3 Å². The molecule has 0 aliphatic carbocycles. The molecule has 0 heterocycles. The van der Waals surface area contributed by atoms with Crippen LogP contribution in [-0.2, 0) is 9.59 Å². The molecular weight excluding hydrogens is 120 g/mol. The van der Waals surface area contributed by atoms with Crippen molar-refractivity contribution in [3.05, 3.63) is 0 Å². The van der Waals surface area contributed by atoms with Crippen LogP contribution in [0.25, 0.3) is 0 Å². The van der Waals surface area contributed by atoms with E-state index in [4.69, 9.17) is 0 Å². The maximum atomic E-state index is 9.79. The zero-order valence-electron chi connectivity index (χ0n) is 3.82. The molecule has 0 amide bonds. The second-order valence-corrected chi connectivity index (χ2v) is 1.11. The monoisotopic (exact) mass is 128 g/mol. The number of hydrogen-bond acceptors (Lipinski definition) is 2. The van der Waals surface area contributed by atoms with Gasteiger partial charge in [0.2, 0.25) is 0 Å². The fraction of sp³-hybridized carbons (Fsp3) is 0.500. The molecular formula is C4H8CaO2. The molecule has 7 heavy (non-hydrogen) atoms. The molecule has 0 aromatic carbocycles. The third-order valence-corrected chi connectivity index (χ3v) is 0.496. The molecule has 0 N–H and O–H groups in total. The van der Waals surface area contributed by atoms with Crippen LogP contribution in [0.4, 0.5) is 0 Å². The summed E-state index contributed by atoms with van der Waals surface area (Å²) in [7, 11) is 0. The van der Waals surface area contributed by atoms with E-state index in [1.165, 1.54) is 13.8 Å². The van der Waals surface area contributed by atoms with E-state index in [2.05, 4.69) is 0 Å². The molecule has 0 saturated heterocycles. The van der Waals surface area contributed by atoms with Crippen molar-refractivity contribution in [2.24, 2.45) is 0 Å². The van der Waals surface area contributed by atoms with Crippen LogP contribution >= 0.6 is 0 Å². The number of carbonyl (C=O) groups is 2. The molecule has 0 radical (unpaired) electrons. The second kappa shape index (κ2) is 4.75. The molecule has 0 aromatic heterocycles. The molecule has 3 heteroatoms. The quantitative estimate of drug-likeness (QED) is 0.344. The third-order valence-electron chi connectivity index (χ3n) is 0.496. The molecule has 0 unspecified atom stereocenters. The number of hydrogen-bond donors (Lipinski definition) is 0. The van der Waals surface area contributed by atoms with Gasteiger partial charge in [0.25, 0.3) is 0 Å². The molecule has 38 valence electrons. The Hall–Kier alpha value is 0.600. The van der Waals surface area contributed by atoms with Gasteiger partial charge in [-0.2, -0.15) is 0 Å². The molecule has 0 saturated carbocycles. The van der Waals surface area contributed by atoms with Gasteiger partial charge in [-0.05, 0) is 0 Å². The van der Waals surface area contributed by atoms with Gasteiger partial charge in [-0.15, -0.1) is 0 Å². The zero-order valence-corrected chi connectivity index (χ0v) is 3.82. The molecule has 0 spiro atoms. The first kappa shape index (κ1) is 10.6. The Kier molecular flexibility index (Phi) is 7.17. The zero-order chi connectivity index (χ0) is 5.15. The average molecular weight is 128 g/mol. The van der Waals surface area contributed by atoms with E-state index in [0.29, 0.717) is 0 Å². The first-order chi connectivity index (χ1) is 2.64. The van der Waals surface area contributed by atoms with Crippen LogP contribution in [0.2, 0.25) is 0 Å². The van der Waals surface area contributed by atoms with Crippen molar-refractivity contribution >= 4 is 49.3 Å². The van der Waals surface area contributed by atoms with E-state index in [1.54, 1.807) is 0 Å². The summed E-state index contributed by atoms with van der Waals surface area (Å²) < 4.78 is 0. The molecule has 0 fully saturated rings. The predicted molar refractivity (Wildman–Crippen MR) is 29.9 cm³/mol. The van der Waals surface area contributed by atoms with Crippen molar-refractivity contribution in [3.8, 4) is 0 Å². The summed E-state index contributed by atoms with van der Waals surface area (Å²) in [4.78, 5) is 19.6. The van der Waals surface area contributed by atoms with Gasteiger partial charge in [0, 0.05) is 13.8 Å². The van der Waals surface area contributed by atoms with E-state index in [-0.39, 0.29) is 49.3 Å². The van der Waals surface area contributed by atoms with Gasteiger partial charge < -0.3 is 0 Å². The Balaban J connectivity index is 0. The summed E-state index contributed by atoms with van der Waals surface area (Å²) in [6, 6.07) is 0. The summed E-state index contributed by atoms with van der Waals surface area (Å²) >= 11 is 0. The van der Waals surface area contributed by atoms with Crippen molar-refractivity contribution in [2.75, 3.05) is 0 Å². The second-order valence-electron chi connectivity index (χ2n) is 1.11. The maximum absolute atomic E-state index is 9.79. The Morgan fingerprint density at radius 3 is 1.14 bits per heavy atom. The third kappa shape index (κ3) is 6.60. The van der Waals surface area contributed by atoms with Crippen LogP contribution in [0.1, 0.15) is 13.8 Å². The van der Waals surface area contributed by atoms with Crippen LogP contribution in [0, 0.1) is 0 Å². The fourth-order valence-electron chi connectivity index (χ4n) is 0. The van der Waals surface area contributed by atoms with E-state index < -0.39 is 0 Å². The molecule has 0 bridgehead atoms. The van der Waals surface area contributed by atoms with Gasteiger partial charge in [0.05, 0.1) is 0 Å². The summed E-state index contributed by atoms with van der Waals surface area (Å²) in [5.41, 5.74) is 0. The standard InChI is InChI=1S/C4H6O2.Ca.2H/c1-3(5)4(2)6;;;/h1-2H3;;;.